The highest BCUT2D eigenvalue weighted by Gasteiger charge is 2.02. The molecule has 0 aliphatic rings. The lowest BCUT2D eigenvalue weighted by Gasteiger charge is -1.96. The maximum Gasteiger partial charge on any atom is 0.342 e. The Kier molecular flexibility index (Phi) is 4.41. The molecule has 1 rings (SSSR count). The van der Waals surface area contributed by atoms with Crippen molar-refractivity contribution in [1.29, 1.82) is 5.26 Å². The number of nitrogens with zero attached hydrogens (tertiary/aromatic N) is 1. The van der Waals surface area contributed by atoms with Gasteiger partial charge in [0, 0.05) is 6.08 Å². The molecular weight excluding hydrogens is 190 g/mol. The molecule has 0 saturated carbocycles. The molecule has 0 atom stereocenters. The highest BCUT2D eigenvalue weighted by molar-refractivity contribution is 5.89. The lowest BCUT2D eigenvalue weighted by atomic mass is 10.2. The van der Waals surface area contributed by atoms with Gasteiger partial charge in [-0.25, -0.2) is 4.79 Å². The van der Waals surface area contributed by atoms with Gasteiger partial charge in [-0.15, -0.1) is 0 Å². The molecule has 0 spiro atoms. The number of benzene rings is 1. The van der Waals surface area contributed by atoms with Crippen molar-refractivity contribution in [3.8, 4) is 6.07 Å². The minimum atomic E-state index is -0.419. The second kappa shape index (κ2) is 6.17. The molecule has 0 heterocycles. The van der Waals surface area contributed by atoms with Crippen LogP contribution in [-0.2, 0) is 4.74 Å². The van der Waals surface area contributed by atoms with Crippen LogP contribution in [0.2, 0.25) is 0 Å². The van der Waals surface area contributed by atoms with E-state index in [0.717, 1.165) is 0 Å². The molecule has 0 bridgehead atoms. The second-order valence-corrected chi connectivity index (χ2v) is 2.59. The van der Waals surface area contributed by atoms with Crippen LogP contribution in [-0.4, -0.2) is 5.97 Å². The summed E-state index contributed by atoms with van der Waals surface area (Å²) < 4.78 is 4.79. The molecular formula is C12H9NO2. The fraction of sp³-hybridized carbons (Fsp3) is 0. The van der Waals surface area contributed by atoms with E-state index >= 15 is 0 Å². The summed E-state index contributed by atoms with van der Waals surface area (Å²) in [7, 11) is 0. The number of hydrogen-bond acceptors (Lipinski definition) is 3. The number of hydrogen-bond donors (Lipinski definition) is 0. The van der Waals surface area contributed by atoms with Gasteiger partial charge in [-0.3, -0.25) is 0 Å². The van der Waals surface area contributed by atoms with E-state index in [9.17, 15) is 4.79 Å². The van der Waals surface area contributed by atoms with E-state index in [1.54, 1.807) is 24.3 Å². The predicted molar refractivity (Wildman–Crippen MR) is 55.8 cm³/mol. The summed E-state index contributed by atoms with van der Waals surface area (Å²) in [4.78, 5) is 11.3. The number of rotatable bonds is 3. The Morgan fingerprint density at radius 1 is 1.27 bits per heavy atom. The Morgan fingerprint density at radius 3 is 2.67 bits per heavy atom. The Balaban J connectivity index is 2.48. The van der Waals surface area contributed by atoms with Crippen LogP contribution in [0.3, 0.4) is 0 Å². The lowest BCUT2D eigenvalue weighted by Crippen LogP contribution is -1.99. The van der Waals surface area contributed by atoms with E-state index in [2.05, 4.69) is 0 Å². The zero-order valence-electron chi connectivity index (χ0n) is 7.96. The molecule has 0 fully saturated rings. The summed E-state index contributed by atoms with van der Waals surface area (Å²) in [6.07, 6.45) is 5.48. The van der Waals surface area contributed by atoms with Gasteiger partial charge in [0.25, 0.3) is 0 Å². The highest BCUT2D eigenvalue weighted by atomic mass is 16.5. The number of allylic oxidation sites excluding steroid dienone is 3. The van der Waals surface area contributed by atoms with Crippen molar-refractivity contribution in [3.05, 3.63) is 60.4 Å². The molecule has 1 aromatic rings. The first kappa shape index (κ1) is 10.7. The lowest BCUT2D eigenvalue weighted by molar-refractivity contribution is 0.0663. The summed E-state index contributed by atoms with van der Waals surface area (Å²) in [6, 6.07) is 10.5. The highest BCUT2D eigenvalue weighted by Crippen LogP contribution is 2.00. The zero-order chi connectivity index (χ0) is 10.9. The number of esters is 1. The van der Waals surface area contributed by atoms with Gasteiger partial charge in [0.1, 0.15) is 0 Å². The van der Waals surface area contributed by atoms with Gasteiger partial charge in [-0.05, 0) is 24.3 Å². The van der Waals surface area contributed by atoms with Crippen LogP contribution in [0.15, 0.2) is 54.8 Å². The third-order valence-corrected chi connectivity index (χ3v) is 1.55. The SMILES string of the molecule is N#C/C=C/C=C/OC(=O)c1ccccc1. The van der Waals surface area contributed by atoms with Crippen molar-refractivity contribution in [2.75, 3.05) is 0 Å². The van der Waals surface area contributed by atoms with Gasteiger partial charge in [-0.2, -0.15) is 5.26 Å². The van der Waals surface area contributed by atoms with Crippen molar-refractivity contribution < 1.29 is 9.53 Å². The molecule has 3 heteroatoms. The maximum absolute atomic E-state index is 11.3. The van der Waals surface area contributed by atoms with Gasteiger partial charge in [-0.1, -0.05) is 18.2 Å². The molecule has 3 nitrogen and oxygen atoms in total. The Hall–Kier alpha value is -2.34. The van der Waals surface area contributed by atoms with Gasteiger partial charge in [0.15, 0.2) is 0 Å². The van der Waals surface area contributed by atoms with Gasteiger partial charge < -0.3 is 4.74 Å². The van der Waals surface area contributed by atoms with Crippen molar-refractivity contribution in [2.24, 2.45) is 0 Å². The number of nitriles is 1. The largest absolute Gasteiger partial charge is 0.431 e. The molecule has 0 radical (unpaired) electrons. The Bertz CT molecular complexity index is 413. The van der Waals surface area contributed by atoms with Gasteiger partial charge in [0.2, 0.25) is 0 Å². The summed E-state index contributed by atoms with van der Waals surface area (Å²) in [5.74, 6) is -0.419. The van der Waals surface area contributed by atoms with E-state index in [1.807, 2.05) is 12.1 Å². The quantitative estimate of drug-likeness (QED) is 0.325. The topological polar surface area (TPSA) is 50.1 Å². The van der Waals surface area contributed by atoms with Crippen LogP contribution in [0.1, 0.15) is 10.4 Å². The van der Waals surface area contributed by atoms with Crippen LogP contribution in [0.5, 0.6) is 0 Å². The van der Waals surface area contributed by atoms with Crippen LogP contribution < -0.4 is 0 Å². The average molecular weight is 199 g/mol. The molecule has 74 valence electrons. The molecule has 15 heavy (non-hydrogen) atoms. The van der Waals surface area contributed by atoms with Crippen LogP contribution >= 0.6 is 0 Å². The molecule has 0 unspecified atom stereocenters. The summed E-state index contributed by atoms with van der Waals surface area (Å²) in [5, 5.41) is 8.17. The van der Waals surface area contributed by atoms with Crippen molar-refractivity contribution >= 4 is 5.97 Å². The monoisotopic (exact) mass is 199 g/mol. The molecule has 0 aliphatic carbocycles. The van der Waals surface area contributed by atoms with Crippen LogP contribution in [0.25, 0.3) is 0 Å². The molecule has 0 amide bonds. The van der Waals surface area contributed by atoms with Gasteiger partial charge in [0.05, 0.1) is 17.9 Å². The first-order valence-electron chi connectivity index (χ1n) is 4.32. The molecule has 0 aromatic heterocycles. The first-order valence-corrected chi connectivity index (χ1v) is 4.32. The molecule has 0 saturated heterocycles. The smallest absolute Gasteiger partial charge is 0.342 e. The molecule has 0 N–H and O–H groups in total. The first-order chi connectivity index (χ1) is 7.34. The van der Waals surface area contributed by atoms with Crippen LogP contribution in [0.4, 0.5) is 0 Å². The number of ether oxygens (including phenoxy) is 1. The maximum atomic E-state index is 11.3. The Morgan fingerprint density at radius 2 is 2.00 bits per heavy atom. The predicted octanol–water partition coefficient (Wildman–Crippen LogP) is 2.44. The van der Waals surface area contributed by atoms with Crippen molar-refractivity contribution in [3.63, 3.8) is 0 Å². The van der Waals surface area contributed by atoms with E-state index in [-0.39, 0.29) is 0 Å². The minimum absolute atomic E-state index is 0.419. The van der Waals surface area contributed by atoms with Crippen molar-refractivity contribution in [2.45, 2.75) is 0 Å². The second-order valence-electron chi connectivity index (χ2n) is 2.59. The number of carbonyl (C=O) groups is 1. The minimum Gasteiger partial charge on any atom is -0.431 e. The molecule has 0 aliphatic heterocycles. The van der Waals surface area contributed by atoms with Crippen molar-refractivity contribution in [1.82, 2.24) is 0 Å². The number of carbonyl (C=O) groups excluding carboxylic acids is 1. The summed E-state index contributed by atoms with van der Waals surface area (Å²) in [6.45, 7) is 0. The zero-order valence-corrected chi connectivity index (χ0v) is 7.96. The molecule has 1 aromatic carbocycles. The summed E-state index contributed by atoms with van der Waals surface area (Å²) in [5.41, 5.74) is 0.492. The van der Waals surface area contributed by atoms with E-state index in [0.29, 0.717) is 5.56 Å². The van der Waals surface area contributed by atoms with E-state index < -0.39 is 5.97 Å². The standard InChI is InChI=1S/C12H9NO2/c13-9-5-2-6-10-15-12(14)11-7-3-1-4-8-11/h1-8,10H/b5-2+,10-6+. The fourth-order valence-corrected chi connectivity index (χ4v) is 0.887. The third kappa shape index (κ3) is 3.92. The average Bonchev–Trinajstić information content (AvgIpc) is 2.30. The normalized spacial score (nSPS) is 10.3. The Labute approximate surface area is 87.9 Å². The van der Waals surface area contributed by atoms with E-state index in [1.165, 1.54) is 24.5 Å². The summed E-state index contributed by atoms with van der Waals surface area (Å²) >= 11 is 0. The fourth-order valence-electron chi connectivity index (χ4n) is 0.887. The van der Waals surface area contributed by atoms with Gasteiger partial charge >= 0.3 is 5.97 Å². The third-order valence-electron chi connectivity index (χ3n) is 1.55. The van der Waals surface area contributed by atoms with Crippen LogP contribution in [0, 0.1) is 11.3 Å². The van der Waals surface area contributed by atoms with E-state index in [4.69, 9.17) is 10.00 Å².